The van der Waals surface area contributed by atoms with Crippen molar-refractivity contribution in [3.8, 4) is 33.4 Å². The first kappa shape index (κ1) is 29.1. The van der Waals surface area contributed by atoms with E-state index < -0.39 is 5.41 Å². The molecule has 2 aliphatic rings. The Morgan fingerprint density at radius 3 is 1.73 bits per heavy atom. The summed E-state index contributed by atoms with van der Waals surface area (Å²) in [4.78, 5) is 2.41. The summed E-state index contributed by atoms with van der Waals surface area (Å²) < 4.78 is 0. The summed E-state index contributed by atoms with van der Waals surface area (Å²) in [6.07, 6.45) is 0. The van der Waals surface area contributed by atoms with Crippen LogP contribution >= 0.6 is 0 Å². The number of rotatable bonds is 4. The maximum absolute atomic E-state index is 2.41. The lowest BCUT2D eigenvalue weighted by atomic mass is 9.69. The Morgan fingerprint density at radius 2 is 0.962 bits per heavy atom. The molecule has 11 rings (SSSR count). The molecule has 1 spiro atoms. The van der Waals surface area contributed by atoms with Gasteiger partial charge >= 0.3 is 0 Å². The molecule has 0 radical (unpaired) electrons. The van der Waals surface area contributed by atoms with Gasteiger partial charge in [0, 0.05) is 16.9 Å². The minimum atomic E-state index is -0.429. The first-order chi connectivity index (χ1) is 25.8. The lowest BCUT2D eigenvalue weighted by molar-refractivity contribution is 0.802. The lowest BCUT2D eigenvalue weighted by Crippen LogP contribution is -2.26. The number of anilines is 3. The highest BCUT2D eigenvalue weighted by atomic mass is 15.1. The van der Waals surface area contributed by atoms with E-state index in [1.165, 1.54) is 77.2 Å². The van der Waals surface area contributed by atoms with Gasteiger partial charge in [0.05, 0.1) is 11.1 Å². The molecule has 0 heterocycles. The van der Waals surface area contributed by atoms with Gasteiger partial charge in [0.2, 0.25) is 0 Å². The van der Waals surface area contributed by atoms with Crippen LogP contribution in [-0.4, -0.2) is 0 Å². The monoisotopic (exact) mass is 659 g/mol. The Balaban J connectivity index is 1.21. The molecule has 52 heavy (non-hydrogen) atoms. The third-order valence-electron chi connectivity index (χ3n) is 11.4. The fraction of sp³-hybridized carbons (Fsp3) is 0.0196. The van der Waals surface area contributed by atoms with Crippen LogP contribution in [0, 0.1) is 0 Å². The van der Waals surface area contributed by atoms with E-state index in [9.17, 15) is 0 Å². The third-order valence-corrected chi connectivity index (χ3v) is 11.4. The molecular formula is C51H33N. The molecule has 9 aromatic rings. The van der Waals surface area contributed by atoms with E-state index in [1.54, 1.807) is 0 Å². The van der Waals surface area contributed by atoms with E-state index >= 15 is 0 Å². The average molecular weight is 660 g/mol. The van der Waals surface area contributed by atoms with Crippen molar-refractivity contribution in [2.45, 2.75) is 5.41 Å². The van der Waals surface area contributed by atoms with Gasteiger partial charge in [-0.1, -0.05) is 170 Å². The summed E-state index contributed by atoms with van der Waals surface area (Å²) in [5.41, 5.74) is 16.2. The average Bonchev–Trinajstić information content (AvgIpc) is 3.69. The zero-order chi connectivity index (χ0) is 34.2. The summed E-state index contributed by atoms with van der Waals surface area (Å²) in [5.74, 6) is 0. The fourth-order valence-electron chi connectivity index (χ4n) is 9.41. The topological polar surface area (TPSA) is 3.24 Å². The molecule has 0 aliphatic heterocycles. The van der Waals surface area contributed by atoms with Gasteiger partial charge in [-0.05, 0) is 102 Å². The molecule has 9 aromatic carbocycles. The van der Waals surface area contributed by atoms with Gasteiger partial charge in [-0.3, -0.25) is 0 Å². The van der Waals surface area contributed by atoms with Crippen molar-refractivity contribution in [3.63, 3.8) is 0 Å². The van der Waals surface area contributed by atoms with E-state index in [4.69, 9.17) is 0 Å². The maximum atomic E-state index is 2.41. The smallest absolute Gasteiger partial charge is 0.0731 e. The van der Waals surface area contributed by atoms with Gasteiger partial charge in [0.1, 0.15) is 0 Å². The number of nitrogens with zero attached hydrogens (tertiary/aromatic N) is 1. The van der Waals surface area contributed by atoms with Gasteiger partial charge in [-0.15, -0.1) is 0 Å². The van der Waals surface area contributed by atoms with Crippen molar-refractivity contribution in [3.05, 3.63) is 222 Å². The van der Waals surface area contributed by atoms with Crippen molar-refractivity contribution in [2.75, 3.05) is 4.90 Å². The zero-order valence-corrected chi connectivity index (χ0v) is 28.5. The van der Waals surface area contributed by atoms with Crippen molar-refractivity contribution in [1.82, 2.24) is 0 Å². The summed E-state index contributed by atoms with van der Waals surface area (Å²) in [6, 6.07) is 73.9. The van der Waals surface area contributed by atoms with Gasteiger partial charge in [-0.2, -0.15) is 0 Å². The molecule has 0 bridgehead atoms. The molecule has 0 amide bonds. The standard InChI is InChI=1S/C51H33N/c1-3-15-34(16-4-1)39-20-11-14-26-48(39)52(37-18-5-2-6-19-37)38-29-31-41-36(33-38)27-30-44-49-40-21-8-7-17-35(40)28-32-47(49)51(50(41)44)45-24-12-9-22-42(45)43-23-10-13-25-46(43)51/h1-33H. The van der Waals surface area contributed by atoms with E-state index in [0.717, 1.165) is 17.1 Å². The molecule has 2 aliphatic carbocycles. The molecule has 1 heteroatoms. The van der Waals surface area contributed by atoms with Gasteiger partial charge in [0.25, 0.3) is 0 Å². The predicted octanol–water partition coefficient (Wildman–Crippen LogP) is 13.5. The SMILES string of the molecule is c1ccc(-c2ccccc2N(c2ccccc2)c2ccc3c4c(ccc3c2)-c2c(ccc3ccccc23)C42c3ccccc3-c3ccccc32)cc1. The van der Waals surface area contributed by atoms with Crippen LogP contribution < -0.4 is 4.90 Å². The zero-order valence-electron chi connectivity index (χ0n) is 28.5. The summed E-state index contributed by atoms with van der Waals surface area (Å²) in [7, 11) is 0. The summed E-state index contributed by atoms with van der Waals surface area (Å²) in [5, 5.41) is 5.10. The Labute approximate surface area is 303 Å². The Bertz CT molecular complexity index is 2800. The molecule has 0 unspecified atom stereocenters. The highest BCUT2D eigenvalue weighted by molar-refractivity contribution is 6.11. The van der Waals surface area contributed by atoms with Crippen LogP contribution in [0.1, 0.15) is 22.3 Å². The normalized spacial score (nSPS) is 13.2. The molecule has 0 fully saturated rings. The Kier molecular flexibility index (Phi) is 6.23. The first-order valence-electron chi connectivity index (χ1n) is 18.1. The van der Waals surface area contributed by atoms with E-state index in [2.05, 4.69) is 205 Å². The fourth-order valence-corrected chi connectivity index (χ4v) is 9.41. The minimum absolute atomic E-state index is 0.429. The Morgan fingerprint density at radius 1 is 0.346 bits per heavy atom. The summed E-state index contributed by atoms with van der Waals surface area (Å²) in [6.45, 7) is 0. The molecule has 0 saturated heterocycles. The quantitative estimate of drug-likeness (QED) is 0.182. The van der Waals surface area contributed by atoms with Crippen molar-refractivity contribution < 1.29 is 0 Å². The largest absolute Gasteiger partial charge is 0.310 e. The number of fused-ring (bicyclic) bond motifs is 14. The number of hydrogen-bond acceptors (Lipinski definition) is 1. The maximum Gasteiger partial charge on any atom is 0.0731 e. The third kappa shape index (κ3) is 3.94. The van der Waals surface area contributed by atoms with Crippen molar-refractivity contribution in [1.29, 1.82) is 0 Å². The van der Waals surface area contributed by atoms with Crippen molar-refractivity contribution >= 4 is 38.6 Å². The molecule has 0 N–H and O–H groups in total. The second-order valence-electron chi connectivity index (χ2n) is 14.0. The predicted molar refractivity (Wildman–Crippen MR) is 218 cm³/mol. The number of benzene rings is 9. The van der Waals surface area contributed by atoms with Crippen LogP contribution in [0.15, 0.2) is 200 Å². The van der Waals surface area contributed by atoms with Crippen LogP contribution in [0.5, 0.6) is 0 Å². The second-order valence-corrected chi connectivity index (χ2v) is 14.0. The van der Waals surface area contributed by atoms with Crippen molar-refractivity contribution in [2.24, 2.45) is 0 Å². The highest BCUT2D eigenvalue weighted by Crippen LogP contribution is 2.65. The van der Waals surface area contributed by atoms with E-state index in [0.29, 0.717) is 0 Å². The van der Waals surface area contributed by atoms with Crippen LogP contribution in [0.3, 0.4) is 0 Å². The highest BCUT2D eigenvalue weighted by Gasteiger charge is 2.52. The van der Waals surface area contributed by atoms with E-state index in [-0.39, 0.29) is 0 Å². The van der Waals surface area contributed by atoms with Gasteiger partial charge < -0.3 is 4.90 Å². The molecule has 242 valence electrons. The molecule has 0 aromatic heterocycles. The Hall–Kier alpha value is -6.70. The second kappa shape index (κ2) is 11.2. The first-order valence-corrected chi connectivity index (χ1v) is 18.1. The number of para-hydroxylation sites is 2. The minimum Gasteiger partial charge on any atom is -0.310 e. The van der Waals surface area contributed by atoms with Gasteiger partial charge in [-0.25, -0.2) is 0 Å². The van der Waals surface area contributed by atoms with Crippen LogP contribution in [0.2, 0.25) is 0 Å². The van der Waals surface area contributed by atoms with Gasteiger partial charge in [0.15, 0.2) is 0 Å². The molecule has 0 saturated carbocycles. The number of hydrogen-bond donors (Lipinski definition) is 0. The molecule has 1 nitrogen and oxygen atoms in total. The molecule has 0 atom stereocenters. The lowest BCUT2D eigenvalue weighted by Gasteiger charge is -2.32. The van der Waals surface area contributed by atoms with Crippen LogP contribution in [0.4, 0.5) is 17.1 Å². The van der Waals surface area contributed by atoms with Crippen LogP contribution in [0.25, 0.3) is 54.9 Å². The molecular weight excluding hydrogens is 627 g/mol. The summed E-state index contributed by atoms with van der Waals surface area (Å²) >= 11 is 0. The van der Waals surface area contributed by atoms with Crippen LogP contribution in [-0.2, 0) is 5.41 Å². The van der Waals surface area contributed by atoms with E-state index in [1.807, 2.05) is 0 Å².